The van der Waals surface area contributed by atoms with E-state index in [1.807, 2.05) is 0 Å². The number of nitrogens with one attached hydrogen (secondary N) is 1. The van der Waals surface area contributed by atoms with Crippen molar-refractivity contribution in [2.45, 2.75) is 6.42 Å². The Kier molecular flexibility index (Phi) is 6.30. The molecule has 0 unspecified atom stereocenters. The van der Waals surface area contributed by atoms with Crippen LogP contribution in [0.25, 0.3) is 22.9 Å². The quantitative estimate of drug-likeness (QED) is 0.594. The van der Waals surface area contributed by atoms with E-state index in [0.717, 1.165) is 0 Å². The van der Waals surface area contributed by atoms with Crippen LogP contribution in [-0.2, 0) is 4.79 Å². The first-order chi connectivity index (χ1) is 14.1. The Balaban J connectivity index is 1.85. The molecule has 3 aromatic rings. The number of aromatic nitrogens is 2. The molecule has 1 amide bonds. The Morgan fingerprint density at radius 1 is 0.966 bits per heavy atom. The van der Waals surface area contributed by atoms with Gasteiger partial charge in [-0.25, -0.2) is 0 Å². The maximum atomic E-state index is 11.5. The average molecular weight is 399 g/mol. The fourth-order valence-electron chi connectivity index (χ4n) is 2.68. The minimum Gasteiger partial charge on any atom is -0.493 e. The van der Waals surface area contributed by atoms with Crippen LogP contribution in [0.5, 0.6) is 17.2 Å². The summed E-state index contributed by atoms with van der Waals surface area (Å²) in [7, 11) is 4.59. The second-order valence-electron chi connectivity index (χ2n) is 5.93. The van der Waals surface area contributed by atoms with Crippen LogP contribution in [0.1, 0.15) is 6.42 Å². The first-order valence-electron chi connectivity index (χ1n) is 8.74. The molecule has 2 aromatic carbocycles. The van der Waals surface area contributed by atoms with Gasteiger partial charge in [0.1, 0.15) is 0 Å². The second kappa shape index (κ2) is 9.07. The molecular formula is C20H21N3O6. The second-order valence-corrected chi connectivity index (χ2v) is 5.93. The van der Waals surface area contributed by atoms with Gasteiger partial charge < -0.3 is 29.1 Å². The number of nitrogens with zero attached hydrogens (tertiary/aromatic N) is 2. The van der Waals surface area contributed by atoms with Crippen molar-refractivity contribution < 1.29 is 28.5 Å². The average Bonchev–Trinajstić information content (AvgIpc) is 3.23. The lowest BCUT2D eigenvalue weighted by atomic mass is 10.2. The van der Waals surface area contributed by atoms with Crippen LogP contribution >= 0.6 is 0 Å². The Hall–Kier alpha value is -3.59. The highest BCUT2D eigenvalue weighted by atomic mass is 16.5. The third-order valence-corrected chi connectivity index (χ3v) is 4.09. The fourth-order valence-corrected chi connectivity index (χ4v) is 2.68. The van der Waals surface area contributed by atoms with Crippen LogP contribution in [0.2, 0.25) is 0 Å². The summed E-state index contributed by atoms with van der Waals surface area (Å²) in [5.74, 6) is 1.77. The highest BCUT2D eigenvalue weighted by molar-refractivity contribution is 5.90. The number of ether oxygens (including phenoxy) is 3. The standard InChI is InChI=1S/C20H21N3O6/c1-26-15-10-13(11-16(27-2)18(15)28-3)20-23-22-19(29-20)12-4-6-14(7-5-12)21-17(25)8-9-24/h4-7,10-11,24H,8-9H2,1-3H3,(H,21,25). The topological polar surface area (TPSA) is 116 Å². The molecule has 2 N–H and O–H groups in total. The molecule has 0 aliphatic heterocycles. The van der Waals surface area contributed by atoms with Crippen molar-refractivity contribution in [2.75, 3.05) is 33.3 Å². The molecule has 0 atom stereocenters. The van der Waals surface area contributed by atoms with E-state index in [0.29, 0.717) is 45.8 Å². The molecule has 9 heteroatoms. The van der Waals surface area contributed by atoms with Crippen LogP contribution in [0, 0.1) is 0 Å². The van der Waals surface area contributed by atoms with E-state index in [1.165, 1.54) is 21.3 Å². The van der Waals surface area contributed by atoms with Crippen LogP contribution in [0.4, 0.5) is 5.69 Å². The van der Waals surface area contributed by atoms with Crippen LogP contribution in [-0.4, -0.2) is 49.1 Å². The summed E-state index contributed by atoms with van der Waals surface area (Å²) in [5.41, 5.74) is 1.92. The lowest BCUT2D eigenvalue weighted by Crippen LogP contribution is -2.12. The number of anilines is 1. The predicted octanol–water partition coefficient (Wildman–Crippen LogP) is 2.75. The smallest absolute Gasteiger partial charge is 0.248 e. The third kappa shape index (κ3) is 4.46. The first kappa shape index (κ1) is 20.2. The molecular weight excluding hydrogens is 378 g/mol. The number of carbonyl (C=O) groups is 1. The normalized spacial score (nSPS) is 10.5. The minimum atomic E-state index is -0.261. The number of aliphatic hydroxyl groups excluding tert-OH is 1. The molecule has 3 rings (SSSR count). The van der Waals surface area contributed by atoms with Gasteiger partial charge in [-0.3, -0.25) is 4.79 Å². The molecule has 29 heavy (non-hydrogen) atoms. The van der Waals surface area contributed by atoms with Crippen molar-refractivity contribution in [3.05, 3.63) is 36.4 Å². The fraction of sp³-hybridized carbons (Fsp3) is 0.250. The summed E-state index contributed by atoms with van der Waals surface area (Å²) >= 11 is 0. The van der Waals surface area contributed by atoms with E-state index in [1.54, 1.807) is 36.4 Å². The molecule has 0 saturated carbocycles. The van der Waals surface area contributed by atoms with Crippen molar-refractivity contribution in [2.24, 2.45) is 0 Å². The monoisotopic (exact) mass is 399 g/mol. The van der Waals surface area contributed by atoms with Crippen molar-refractivity contribution in [3.8, 4) is 40.2 Å². The molecule has 0 aliphatic carbocycles. The minimum absolute atomic E-state index is 0.0452. The Morgan fingerprint density at radius 2 is 1.55 bits per heavy atom. The number of amides is 1. The van der Waals surface area contributed by atoms with Crippen LogP contribution in [0.3, 0.4) is 0 Å². The summed E-state index contributed by atoms with van der Waals surface area (Å²) in [5, 5.41) is 19.7. The summed E-state index contributed by atoms with van der Waals surface area (Å²) in [6.45, 7) is -0.199. The number of carbonyl (C=O) groups excluding carboxylic acids is 1. The van der Waals surface area contributed by atoms with E-state index in [2.05, 4.69) is 15.5 Å². The van der Waals surface area contributed by atoms with E-state index >= 15 is 0 Å². The zero-order chi connectivity index (χ0) is 20.8. The lowest BCUT2D eigenvalue weighted by molar-refractivity contribution is -0.116. The van der Waals surface area contributed by atoms with Gasteiger partial charge in [0.05, 0.1) is 34.4 Å². The Bertz CT molecular complexity index is 959. The van der Waals surface area contributed by atoms with Gasteiger partial charge in [0.25, 0.3) is 0 Å². The molecule has 0 radical (unpaired) electrons. The number of hydrogen-bond acceptors (Lipinski definition) is 8. The molecule has 1 heterocycles. The largest absolute Gasteiger partial charge is 0.493 e. The zero-order valence-corrected chi connectivity index (χ0v) is 16.3. The molecule has 0 aliphatic rings. The van der Waals surface area contributed by atoms with Crippen LogP contribution < -0.4 is 19.5 Å². The maximum Gasteiger partial charge on any atom is 0.248 e. The molecule has 0 spiro atoms. The number of aliphatic hydroxyl groups is 1. The van der Waals surface area contributed by atoms with Crippen molar-refractivity contribution in [1.82, 2.24) is 10.2 Å². The summed E-state index contributed by atoms with van der Waals surface area (Å²) < 4.78 is 21.8. The SMILES string of the molecule is COc1cc(-c2nnc(-c3ccc(NC(=O)CCO)cc3)o2)cc(OC)c1OC. The lowest BCUT2D eigenvalue weighted by Gasteiger charge is -2.12. The number of benzene rings is 2. The van der Waals surface area contributed by atoms with Gasteiger partial charge in [0.15, 0.2) is 11.5 Å². The first-order valence-corrected chi connectivity index (χ1v) is 8.74. The van der Waals surface area contributed by atoms with Crippen molar-refractivity contribution in [1.29, 1.82) is 0 Å². The molecule has 9 nitrogen and oxygen atoms in total. The van der Waals surface area contributed by atoms with E-state index in [-0.39, 0.29) is 18.9 Å². The van der Waals surface area contributed by atoms with Gasteiger partial charge in [0.2, 0.25) is 23.4 Å². The van der Waals surface area contributed by atoms with E-state index < -0.39 is 0 Å². The van der Waals surface area contributed by atoms with Gasteiger partial charge in [0, 0.05) is 16.8 Å². The van der Waals surface area contributed by atoms with Gasteiger partial charge in [-0.2, -0.15) is 0 Å². The summed E-state index contributed by atoms with van der Waals surface area (Å²) in [4.78, 5) is 11.5. The van der Waals surface area contributed by atoms with Gasteiger partial charge in [-0.1, -0.05) is 0 Å². The van der Waals surface area contributed by atoms with Crippen molar-refractivity contribution in [3.63, 3.8) is 0 Å². The number of hydrogen-bond donors (Lipinski definition) is 2. The van der Waals surface area contributed by atoms with E-state index in [4.69, 9.17) is 23.7 Å². The van der Waals surface area contributed by atoms with Gasteiger partial charge in [-0.15, -0.1) is 10.2 Å². The summed E-state index contributed by atoms with van der Waals surface area (Å²) in [6, 6.07) is 10.4. The predicted molar refractivity (Wildman–Crippen MR) is 105 cm³/mol. The van der Waals surface area contributed by atoms with Gasteiger partial charge in [-0.05, 0) is 36.4 Å². The summed E-state index contributed by atoms with van der Waals surface area (Å²) in [6.07, 6.45) is 0.0452. The Morgan fingerprint density at radius 3 is 2.07 bits per heavy atom. The highest BCUT2D eigenvalue weighted by Crippen LogP contribution is 2.41. The third-order valence-electron chi connectivity index (χ3n) is 4.09. The number of methoxy groups -OCH3 is 3. The van der Waals surface area contributed by atoms with Crippen molar-refractivity contribution >= 4 is 11.6 Å². The molecule has 152 valence electrons. The van der Waals surface area contributed by atoms with Crippen LogP contribution in [0.15, 0.2) is 40.8 Å². The highest BCUT2D eigenvalue weighted by Gasteiger charge is 2.18. The Labute approximate surface area is 167 Å². The zero-order valence-electron chi connectivity index (χ0n) is 16.3. The van der Waals surface area contributed by atoms with Gasteiger partial charge >= 0.3 is 0 Å². The van der Waals surface area contributed by atoms with E-state index in [9.17, 15) is 4.79 Å². The maximum absolute atomic E-state index is 11.5. The number of rotatable bonds is 8. The molecule has 0 saturated heterocycles. The molecule has 1 aromatic heterocycles. The molecule has 0 bridgehead atoms. The molecule has 0 fully saturated rings.